The van der Waals surface area contributed by atoms with Crippen LogP contribution in [0.4, 0.5) is 0 Å². The van der Waals surface area contributed by atoms with Gasteiger partial charge in [0.1, 0.15) is 10.1 Å². The minimum Gasteiger partial charge on any atom is -0.744 e. The molecule has 7 nitrogen and oxygen atoms in total. The fraction of sp³-hybridized carbons (Fsp3) is 0.786. The SMILES string of the molecule is C/C=C/CCCCCCCCCCCCCCCCCCCCCOC(=O)c1ccc(S(=O)(=O)[O-])cc1C(=O)OCCCCCCCCCCCCCCCCCCCCC/C=C/C.[Na+]. The zero-order valence-corrected chi connectivity index (χ0v) is 45.3. The zero-order valence-electron chi connectivity index (χ0n) is 42.5. The van der Waals surface area contributed by atoms with Gasteiger partial charge in [0.05, 0.1) is 29.2 Å². The molecule has 0 aliphatic carbocycles. The van der Waals surface area contributed by atoms with Gasteiger partial charge in [-0.25, -0.2) is 18.0 Å². The number of ether oxygens (including phenoxy) is 2. The summed E-state index contributed by atoms with van der Waals surface area (Å²) in [7, 11) is -4.82. The van der Waals surface area contributed by atoms with Gasteiger partial charge in [-0.15, -0.1) is 0 Å². The molecule has 1 rings (SSSR count). The van der Waals surface area contributed by atoms with Gasteiger partial charge in [0.2, 0.25) is 0 Å². The van der Waals surface area contributed by atoms with E-state index in [2.05, 4.69) is 38.2 Å². The summed E-state index contributed by atoms with van der Waals surface area (Å²) in [5, 5.41) is 0. The van der Waals surface area contributed by atoms with E-state index in [9.17, 15) is 22.6 Å². The summed E-state index contributed by atoms with van der Waals surface area (Å²) in [5.74, 6) is -1.53. The van der Waals surface area contributed by atoms with Crippen molar-refractivity contribution in [2.24, 2.45) is 0 Å². The van der Waals surface area contributed by atoms with Crippen LogP contribution < -0.4 is 29.6 Å². The standard InChI is InChI=1S/C56H98O7S.Na/c1-3-5-7-9-11-13-15-17-19-21-23-25-27-29-31-33-35-37-39-41-43-45-49-62-55(57)53-48-47-52(64(59,60)61)51-54(53)56(58)63-50-46-44-42-40-38-36-34-32-30-28-26-24-22-20-18-16-14-12-10-8-6-4-2;/h3-6,47-48,51H,7-46,49-50H2,1-2H3,(H,59,60,61);/q;+1/p-1/b5-3+,6-4+;. The number of hydrogen-bond acceptors (Lipinski definition) is 7. The van der Waals surface area contributed by atoms with Gasteiger partial charge in [-0.05, 0) is 70.6 Å². The van der Waals surface area contributed by atoms with Gasteiger partial charge in [0.25, 0.3) is 0 Å². The topological polar surface area (TPSA) is 110 Å². The number of esters is 2. The maximum absolute atomic E-state index is 13.0. The van der Waals surface area contributed by atoms with Gasteiger partial charge in [-0.3, -0.25) is 0 Å². The first kappa shape index (κ1) is 63.5. The van der Waals surface area contributed by atoms with Crippen LogP contribution in [0.2, 0.25) is 0 Å². The Morgan fingerprint density at radius 2 is 0.662 bits per heavy atom. The number of carbonyl (C=O) groups is 2. The van der Waals surface area contributed by atoms with Crippen molar-refractivity contribution < 1.29 is 61.6 Å². The van der Waals surface area contributed by atoms with Gasteiger partial charge in [0, 0.05) is 0 Å². The maximum atomic E-state index is 13.0. The Kier molecular flexibility index (Phi) is 46.5. The van der Waals surface area contributed by atoms with E-state index in [-0.39, 0.29) is 53.9 Å². The first-order chi connectivity index (χ1) is 31.3. The normalized spacial score (nSPS) is 11.7. The van der Waals surface area contributed by atoms with E-state index < -0.39 is 27.0 Å². The first-order valence-electron chi connectivity index (χ1n) is 27.0. The largest absolute Gasteiger partial charge is 1.00 e. The van der Waals surface area contributed by atoms with Crippen molar-refractivity contribution in [3.63, 3.8) is 0 Å². The Labute approximate surface area is 423 Å². The molecule has 9 heteroatoms. The number of benzene rings is 1. The quantitative estimate of drug-likeness (QED) is 0.0210. The fourth-order valence-electron chi connectivity index (χ4n) is 8.58. The number of rotatable bonds is 47. The van der Waals surface area contributed by atoms with Crippen LogP contribution in [0.15, 0.2) is 47.4 Å². The summed E-state index contributed by atoms with van der Waals surface area (Å²) in [5.41, 5.74) is -0.325. The van der Waals surface area contributed by atoms with E-state index in [1.807, 2.05) is 0 Å². The maximum Gasteiger partial charge on any atom is 1.00 e. The predicted molar refractivity (Wildman–Crippen MR) is 269 cm³/mol. The van der Waals surface area contributed by atoms with Crippen LogP contribution in [0.1, 0.15) is 291 Å². The molecule has 65 heavy (non-hydrogen) atoms. The summed E-state index contributed by atoms with van der Waals surface area (Å²) in [6, 6.07) is 3.17. The summed E-state index contributed by atoms with van der Waals surface area (Å²) >= 11 is 0. The Bertz CT molecular complexity index is 1410. The number of hydrogen-bond donors (Lipinski definition) is 0. The second-order valence-corrected chi connectivity index (χ2v) is 20.0. The number of allylic oxidation sites excluding steroid dienone is 4. The summed E-state index contributed by atoms with van der Waals surface area (Å²) in [6.07, 6.45) is 59.7. The van der Waals surface area contributed by atoms with Crippen LogP contribution in [0.5, 0.6) is 0 Å². The van der Waals surface area contributed by atoms with Crippen molar-refractivity contribution in [1.29, 1.82) is 0 Å². The summed E-state index contributed by atoms with van der Waals surface area (Å²) in [6.45, 7) is 4.58. The van der Waals surface area contributed by atoms with Gasteiger partial charge in [-0.1, -0.05) is 243 Å². The Hall–Kier alpha value is -1.45. The number of carbonyl (C=O) groups excluding carboxylic acids is 2. The molecule has 0 spiro atoms. The van der Waals surface area contributed by atoms with Gasteiger partial charge in [-0.2, -0.15) is 0 Å². The number of unbranched alkanes of at least 4 members (excludes halogenated alkanes) is 38. The smallest absolute Gasteiger partial charge is 0.744 e. The molecule has 0 saturated heterocycles. The van der Waals surface area contributed by atoms with E-state index >= 15 is 0 Å². The molecule has 0 fully saturated rings. The zero-order chi connectivity index (χ0) is 46.4. The third-order valence-electron chi connectivity index (χ3n) is 12.7. The molecule has 0 atom stereocenters. The van der Waals surface area contributed by atoms with Crippen molar-refractivity contribution in [2.45, 2.75) is 276 Å². The van der Waals surface area contributed by atoms with E-state index in [0.717, 1.165) is 44.2 Å². The van der Waals surface area contributed by atoms with Crippen LogP contribution >= 0.6 is 0 Å². The van der Waals surface area contributed by atoms with Crippen LogP contribution in [0, 0.1) is 0 Å². The fourth-order valence-corrected chi connectivity index (χ4v) is 9.08. The molecule has 0 radical (unpaired) electrons. The van der Waals surface area contributed by atoms with E-state index in [1.165, 1.54) is 218 Å². The molecule has 0 aliphatic rings. The molecular formula is C56H97NaO7S. The van der Waals surface area contributed by atoms with Crippen molar-refractivity contribution in [3.8, 4) is 0 Å². The van der Waals surface area contributed by atoms with Crippen LogP contribution in [0.25, 0.3) is 0 Å². The average Bonchev–Trinajstić information content (AvgIpc) is 3.28. The van der Waals surface area contributed by atoms with Crippen molar-refractivity contribution in [1.82, 2.24) is 0 Å². The molecule has 1 aromatic rings. The second-order valence-electron chi connectivity index (χ2n) is 18.6. The third-order valence-corrected chi connectivity index (χ3v) is 13.5. The van der Waals surface area contributed by atoms with E-state index in [4.69, 9.17) is 9.47 Å². The Balaban J connectivity index is 0.0000410. The van der Waals surface area contributed by atoms with Crippen LogP contribution in [-0.2, 0) is 19.6 Å². The van der Waals surface area contributed by atoms with Crippen LogP contribution in [-0.4, -0.2) is 38.1 Å². The molecule has 370 valence electrons. The average molecular weight is 937 g/mol. The second kappa shape index (κ2) is 47.6. The monoisotopic (exact) mass is 937 g/mol. The molecule has 0 aliphatic heterocycles. The molecule has 0 unspecified atom stereocenters. The summed E-state index contributed by atoms with van der Waals surface area (Å²) < 4.78 is 46.0. The molecule has 0 amide bonds. The minimum atomic E-state index is -4.82. The molecule has 0 heterocycles. The molecule has 0 bridgehead atoms. The molecule has 0 aromatic heterocycles. The van der Waals surface area contributed by atoms with Crippen molar-refractivity contribution in [2.75, 3.05) is 13.2 Å². The molecule has 0 N–H and O–H groups in total. The van der Waals surface area contributed by atoms with Crippen LogP contribution in [0.3, 0.4) is 0 Å². The first-order valence-corrected chi connectivity index (χ1v) is 28.4. The third kappa shape index (κ3) is 40.2. The molecule has 0 saturated carbocycles. The van der Waals surface area contributed by atoms with E-state index in [1.54, 1.807) is 0 Å². The Morgan fingerprint density at radius 3 is 0.923 bits per heavy atom. The predicted octanol–water partition coefficient (Wildman–Crippen LogP) is 14.7. The molecule has 1 aromatic carbocycles. The minimum absolute atomic E-state index is 0. The summed E-state index contributed by atoms with van der Waals surface area (Å²) in [4.78, 5) is 25.4. The van der Waals surface area contributed by atoms with Gasteiger partial charge < -0.3 is 14.0 Å². The van der Waals surface area contributed by atoms with Gasteiger partial charge in [0.15, 0.2) is 0 Å². The molecular weight excluding hydrogens is 840 g/mol. The Morgan fingerprint density at radius 1 is 0.415 bits per heavy atom. The van der Waals surface area contributed by atoms with Gasteiger partial charge >= 0.3 is 41.5 Å². The van der Waals surface area contributed by atoms with E-state index in [0.29, 0.717) is 12.8 Å². The van der Waals surface area contributed by atoms with Crippen molar-refractivity contribution in [3.05, 3.63) is 53.6 Å². The van der Waals surface area contributed by atoms with Crippen molar-refractivity contribution >= 4 is 22.1 Å².